The van der Waals surface area contributed by atoms with Gasteiger partial charge in [-0.1, -0.05) is 126 Å². The number of nitrogens with two attached hydrogens (primary N) is 1. The molecule has 0 amide bonds. The largest absolute Gasteiger partial charge is 0.398 e. The van der Waals surface area contributed by atoms with Crippen LogP contribution < -0.4 is 5.73 Å². The normalized spacial score (nSPS) is 13.3. The topological polar surface area (TPSA) is 26.0 Å². The average molecular weight is 512 g/mol. The Hall–Kier alpha value is -2.54. The maximum atomic E-state index is 6.79. The van der Waals surface area contributed by atoms with E-state index in [1.54, 1.807) is 0 Å². The standard InChI is InChI=1S/C37H53N/c1-23-28(19-25(34(3,4)5)21-30(23)36(9,10)11)33(27-17-15-16-18-32(27)38)29-20-26(35(6,7)8)22-31(24(29)2)37(12,13)14/h15-22,33H,38H2,1-14H3. The lowest BCUT2D eigenvalue weighted by Gasteiger charge is -2.34. The molecular weight excluding hydrogens is 458 g/mol. The van der Waals surface area contributed by atoms with Gasteiger partial charge in [-0.2, -0.15) is 0 Å². The zero-order chi connectivity index (χ0) is 29.0. The molecule has 206 valence electrons. The molecule has 0 aliphatic rings. The highest BCUT2D eigenvalue weighted by Crippen LogP contribution is 2.45. The van der Waals surface area contributed by atoms with Crippen molar-refractivity contribution in [2.24, 2.45) is 0 Å². The van der Waals surface area contributed by atoms with Gasteiger partial charge in [-0.15, -0.1) is 0 Å². The molecule has 0 spiro atoms. The fourth-order valence-corrected chi connectivity index (χ4v) is 5.77. The van der Waals surface area contributed by atoms with Crippen molar-refractivity contribution in [2.75, 3.05) is 5.73 Å². The van der Waals surface area contributed by atoms with Gasteiger partial charge in [0.05, 0.1) is 0 Å². The molecule has 0 aromatic heterocycles. The van der Waals surface area contributed by atoms with Crippen molar-refractivity contribution >= 4 is 5.69 Å². The minimum atomic E-state index is 0.0335. The van der Waals surface area contributed by atoms with Crippen molar-refractivity contribution in [3.63, 3.8) is 0 Å². The van der Waals surface area contributed by atoms with Crippen LogP contribution in [-0.2, 0) is 21.7 Å². The molecule has 0 radical (unpaired) electrons. The lowest BCUT2D eigenvalue weighted by molar-refractivity contribution is 0.561. The highest BCUT2D eigenvalue weighted by Gasteiger charge is 2.32. The number of hydrogen-bond donors (Lipinski definition) is 1. The lowest BCUT2D eigenvalue weighted by atomic mass is 9.70. The summed E-state index contributed by atoms with van der Waals surface area (Å²) in [5.74, 6) is 0.0444. The van der Waals surface area contributed by atoms with Crippen LogP contribution in [0.1, 0.15) is 139 Å². The summed E-state index contributed by atoms with van der Waals surface area (Å²) in [4.78, 5) is 0. The molecule has 0 unspecified atom stereocenters. The summed E-state index contributed by atoms with van der Waals surface area (Å²) in [7, 11) is 0. The molecule has 0 bridgehead atoms. The van der Waals surface area contributed by atoms with Gasteiger partial charge in [0.25, 0.3) is 0 Å². The van der Waals surface area contributed by atoms with Gasteiger partial charge in [-0.05, 0) is 91.6 Å². The monoisotopic (exact) mass is 511 g/mol. The van der Waals surface area contributed by atoms with Gasteiger partial charge < -0.3 is 5.73 Å². The second kappa shape index (κ2) is 9.89. The summed E-state index contributed by atoms with van der Waals surface area (Å²) < 4.78 is 0. The van der Waals surface area contributed by atoms with Crippen LogP contribution >= 0.6 is 0 Å². The van der Waals surface area contributed by atoms with Gasteiger partial charge in [0, 0.05) is 11.6 Å². The number of anilines is 1. The Labute approximate surface area is 234 Å². The molecule has 0 heterocycles. The van der Waals surface area contributed by atoms with E-state index in [9.17, 15) is 0 Å². The van der Waals surface area contributed by atoms with Crippen LogP contribution in [0, 0.1) is 13.8 Å². The summed E-state index contributed by atoms with van der Waals surface area (Å²) in [5.41, 5.74) is 20.0. The van der Waals surface area contributed by atoms with E-state index in [1.165, 1.54) is 50.1 Å². The summed E-state index contributed by atoms with van der Waals surface area (Å²) in [5, 5.41) is 0. The average Bonchev–Trinajstić information content (AvgIpc) is 2.74. The third-order valence-corrected chi connectivity index (χ3v) is 8.17. The molecule has 38 heavy (non-hydrogen) atoms. The second-order valence-corrected chi connectivity index (χ2v) is 15.5. The van der Waals surface area contributed by atoms with Crippen molar-refractivity contribution < 1.29 is 0 Å². The Kier molecular flexibility index (Phi) is 7.81. The SMILES string of the molecule is Cc1c(C(c2ccccc2N)c2cc(C(C)(C)C)cc(C(C)(C)C)c2C)cc(C(C)(C)C)cc1C(C)(C)C. The van der Waals surface area contributed by atoms with E-state index in [2.05, 4.69) is 139 Å². The Morgan fingerprint density at radius 3 is 1.18 bits per heavy atom. The summed E-state index contributed by atoms with van der Waals surface area (Å²) >= 11 is 0. The Morgan fingerprint density at radius 1 is 0.500 bits per heavy atom. The molecule has 2 N–H and O–H groups in total. The molecule has 1 nitrogen and oxygen atoms in total. The van der Waals surface area contributed by atoms with E-state index in [4.69, 9.17) is 5.73 Å². The van der Waals surface area contributed by atoms with Crippen molar-refractivity contribution in [3.8, 4) is 0 Å². The molecular formula is C37H53N. The minimum absolute atomic E-state index is 0.0335. The molecule has 3 aromatic carbocycles. The third kappa shape index (κ3) is 6.03. The van der Waals surface area contributed by atoms with Crippen LogP contribution in [-0.4, -0.2) is 0 Å². The highest BCUT2D eigenvalue weighted by molar-refractivity contribution is 5.62. The molecule has 0 fully saturated rings. The molecule has 0 aliphatic heterocycles. The zero-order valence-corrected chi connectivity index (χ0v) is 26.8. The molecule has 0 atom stereocenters. The van der Waals surface area contributed by atoms with E-state index in [-0.39, 0.29) is 27.6 Å². The van der Waals surface area contributed by atoms with Crippen molar-refractivity contribution in [3.05, 3.63) is 98.6 Å². The van der Waals surface area contributed by atoms with E-state index in [0.717, 1.165) is 5.69 Å². The molecule has 0 saturated carbocycles. The Morgan fingerprint density at radius 2 is 0.868 bits per heavy atom. The van der Waals surface area contributed by atoms with Gasteiger partial charge in [-0.3, -0.25) is 0 Å². The number of rotatable bonds is 3. The number of para-hydroxylation sites is 1. The fraction of sp³-hybridized carbons (Fsp3) is 0.514. The van der Waals surface area contributed by atoms with Crippen molar-refractivity contribution in [1.29, 1.82) is 0 Å². The molecule has 0 saturated heterocycles. The van der Waals surface area contributed by atoms with Gasteiger partial charge in [0.15, 0.2) is 0 Å². The smallest absolute Gasteiger partial charge is 0.0365 e. The van der Waals surface area contributed by atoms with Crippen LogP contribution in [0.2, 0.25) is 0 Å². The predicted octanol–water partition coefficient (Wildman–Crippen LogP) is 10.3. The van der Waals surface area contributed by atoms with Crippen molar-refractivity contribution in [1.82, 2.24) is 0 Å². The maximum absolute atomic E-state index is 6.79. The summed E-state index contributed by atoms with van der Waals surface area (Å²) in [6.07, 6.45) is 0. The summed E-state index contributed by atoms with van der Waals surface area (Å²) in [6.45, 7) is 32.6. The van der Waals surface area contributed by atoms with E-state index in [0.29, 0.717) is 0 Å². The third-order valence-electron chi connectivity index (χ3n) is 8.17. The first-order valence-electron chi connectivity index (χ1n) is 14.3. The van der Waals surface area contributed by atoms with E-state index >= 15 is 0 Å². The van der Waals surface area contributed by atoms with Gasteiger partial charge in [0.2, 0.25) is 0 Å². The molecule has 3 rings (SSSR count). The molecule has 3 aromatic rings. The van der Waals surface area contributed by atoms with Crippen LogP contribution in [0.3, 0.4) is 0 Å². The van der Waals surface area contributed by atoms with E-state index < -0.39 is 0 Å². The fourth-order valence-electron chi connectivity index (χ4n) is 5.77. The number of hydrogen-bond acceptors (Lipinski definition) is 1. The second-order valence-electron chi connectivity index (χ2n) is 15.5. The number of nitrogen functional groups attached to an aromatic ring is 1. The first-order chi connectivity index (χ1) is 17.1. The van der Waals surface area contributed by atoms with Crippen LogP contribution in [0.4, 0.5) is 5.69 Å². The van der Waals surface area contributed by atoms with Crippen molar-refractivity contribution in [2.45, 2.75) is 125 Å². The maximum Gasteiger partial charge on any atom is 0.0365 e. The van der Waals surface area contributed by atoms with Gasteiger partial charge in [0.1, 0.15) is 0 Å². The van der Waals surface area contributed by atoms with Gasteiger partial charge in [-0.25, -0.2) is 0 Å². The first kappa shape index (κ1) is 30.0. The van der Waals surface area contributed by atoms with Crippen LogP contribution in [0.5, 0.6) is 0 Å². The van der Waals surface area contributed by atoms with Crippen LogP contribution in [0.15, 0.2) is 48.5 Å². The zero-order valence-electron chi connectivity index (χ0n) is 26.8. The highest BCUT2D eigenvalue weighted by atomic mass is 14.6. The molecule has 1 heteroatoms. The van der Waals surface area contributed by atoms with Gasteiger partial charge >= 0.3 is 0 Å². The van der Waals surface area contributed by atoms with E-state index in [1.807, 2.05) is 6.07 Å². The van der Waals surface area contributed by atoms with Crippen LogP contribution in [0.25, 0.3) is 0 Å². The molecule has 0 aliphatic carbocycles. The number of benzene rings is 3. The minimum Gasteiger partial charge on any atom is -0.398 e. The Bertz CT molecular complexity index is 1230. The predicted molar refractivity (Wildman–Crippen MR) is 169 cm³/mol. The Balaban J connectivity index is 2.58. The quantitative estimate of drug-likeness (QED) is 0.275. The lowest BCUT2D eigenvalue weighted by Crippen LogP contribution is -2.23. The summed E-state index contributed by atoms with van der Waals surface area (Å²) in [6, 6.07) is 18.3. The first-order valence-corrected chi connectivity index (χ1v) is 14.3.